The lowest BCUT2D eigenvalue weighted by atomic mass is 10.1. The number of alkyl halides is 2. The third-order valence-electron chi connectivity index (χ3n) is 3.91. The molecule has 0 spiro atoms. The molecule has 0 bridgehead atoms. The van der Waals surface area contributed by atoms with Crippen molar-refractivity contribution in [2.75, 3.05) is 19.0 Å². The standard InChI is InChI=1S/C17H18ClF2N3O5S/c1-5-28-17(26)13-7(2)10(16(25)27-4)15(29-13)21-9(24)6-23-8(3)11(18)12(22-23)14(19)20/h14H,5-6H2,1-4H3,(H,21,24). The van der Waals surface area contributed by atoms with Crippen LogP contribution in [0.4, 0.5) is 13.8 Å². The first-order chi connectivity index (χ1) is 13.6. The van der Waals surface area contributed by atoms with Gasteiger partial charge in [0.2, 0.25) is 5.91 Å². The number of thiophene rings is 1. The molecule has 0 aliphatic heterocycles. The molecule has 0 aliphatic rings. The number of nitrogens with zero attached hydrogens (tertiary/aromatic N) is 2. The Labute approximate surface area is 173 Å². The Morgan fingerprint density at radius 3 is 2.45 bits per heavy atom. The fourth-order valence-electron chi connectivity index (χ4n) is 2.48. The summed E-state index contributed by atoms with van der Waals surface area (Å²) in [4.78, 5) is 36.8. The predicted molar refractivity (Wildman–Crippen MR) is 102 cm³/mol. The molecule has 29 heavy (non-hydrogen) atoms. The van der Waals surface area contributed by atoms with Crippen molar-refractivity contribution in [2.24, 2.45) is 0 Å². The highest BCUT2D eigenvalue weighted by molar-refractivity contribution is 7.18. The Hall–Kier alpha value is -2.53. The minimum Gasteiger partial charge on any atom is -0.465 e. The molecule has 0 unspecified atom stereocenters. The summed E-state index contributed by atoms with van der Waals surface area (Å²) in [6.45, 7) is 4.32. The lowest BCUT2D eigenvalue weighted by molar-refractivity contribution is -0.116. The molecular formula is C17H18ClF2N3O5S. The van der Waals surface area contributed by atoms with Gasteiger partial charge in [-0.1, -0.05) is 11.6 Å². The van der Waals surface area contributed by atoms with Gasteiger partial charge in [-0.3, -0.25) is 9.48 Å². The van der Waals surface area contributed by atoms with Gasteiger partial charge in [-0.05, 0) is 26.3 Å². The van der Waals surface area contributed by atoms with Gasteiger partial charge in [0, 0.05) is 0 Å². The molecule has 0 fully saturated rings. The van der Waals surface area contributed by atoms with Crippen molar-refractivity contribution in [3.63, 3.8) is 0 Å². The first kappa shape index (κ1) is 22.8. The lowest BCUT2D eigenvalue weighted by Gasteiger charge is -2.07. The fraction of sp³-hybridized carbons (Fsp3) is 0.412. The number of halogens is 3. The number of aromatic nitrogens is 2. The average molecular weight is 450 g/mol. The smallest absolute Gasteiger partial charge is 0.348 e. The van der Waals surface area contributed by atoms with E-state index < -0.39 is 36.5 Å². The van der Waals surface area contributed by atoms with Crippen LogP contribution < -0.4 is 5.32 Å². The van der Waals surface area contributed by atoms with Crippen LogP contribution in [0.25, 0.3) is 0 Å². The predicted octanol–water partition coefficient (Wildman–Crippen LogP) is 3.75. The van der Waals surface area contributed by atoms with Crippen molar-refractivity contribution >= 4 is 45.8 Å². The van der Waals surface area contributed by atoms with E-state index in [-0.39, 0.29) is 32.8 Å². The highest BCUT2D eigenvalue weighted by atomic mass is 35.5. The van der Waals surface area contributed by atoms with Crippen molar-refractivity contribution in [2.45, 2.75) is 33.7 Å². The maximum Gasteiger partial charge on any atom is 0.348 e. The second-order valence-electron chi connectivity index (χ2n) is 5.76. The summed E-state index contributed by atoms with van der Waals surface area (Å²) in [6, 6.07) is 0. The van der Waals surface area contributed by atoms with E-state index >= 15 is 0 Å². The van der Waals surface area contributed by atoms with Crippen LogP contribution in [0, 0.1) is 13.8 Å². The van der Waals surface area contributed by atoms with Crippen molar-refractivity contribution in [3.05, 3.63) is 32.4 Å². The second kappa shape index (κ2) is 9.31. The van der Waals surface area contributed by atoms with Gasteiger partial charge in [-0.2, -0.15) is 5.10 Å². The molecular weight excluding hydrogens is 432 g/mol. The van der Waals surface area contributed by atoms with E-state index in [1.54, 1.807) is 6.92 Å². The number of hydrogen-bond acceptors (Lipinski definition) is 7. The Morgan fingerprint density at radius 2 is 1.93 bits per heavy atom. The van der Waals surface area contributed by atoms with Crippen LogP contribution in [-0.2, 0) is 20.8 Å². The molecule has 2 aromatic heterocycles. The number of amides is 1. The largest absolute Gasteiger partial charge is 0.465 e. The summed E-state index contributed by atoms with van der Waals surface area (Å²) in [5.74, 6) is -2.05. The van der Waals surface area contributed by atoms with E-state index in [0.29, 0.717) is 5.56 Å². The highest BCUT2D eigenvalue weighted by Crippen LogP contribution is 2.34. The third kappa shape index (κ3) is 4.73. The number of carbonyl (C=O) groups is 3. The quantitative estimate of drug-likeness (QED) is 0.646. The van der Waals surface area contributed by atoms with Crippen molar-refractivity contribution in [1.29, 1.82) is 0 Å². The molecule has 0 aliphatic carbocycles. The molecule has 2 rings (SSSR count). The van der Waals surface area contributed by atoms with Crippen LogP contribution in [0.5, 0.6) is 0 Å². The van der Waals surface area contributed by atoms with E-state index in [1.165, 1.54) is 13.8 Å². The Balaban J connectivity index is 2.32. The molecule has 0 saturated heterocycles. The van der Waals surface area contributed by atoms with Crippen LogP contribution in [0.3, 0.4) is 0 Å². The SMILES string of the molecule is CCOC(=O)c1sc(NC(=O)Cn2nc(C(F)F)c(Cl)c2C)c(C(=O)OC)c1C. The van der Waals surface area contributed by atoms with Crippen molar-refractivity contribution < 1.29 is 32.6 Å². The summed E-state index contributed by atoms with van der Waals surface area (Å²) in [7, 11) is 1.16. The van der Waals surface area contributed by atoms with Crippen LogP contribution in [0.15, 0.2) is 0 Å². The maximum absolute atomic E-state index is 12.9. The van der Waals surface area contributed by atoms with Crippen LogP contribution in [-0.4, -0.2) is 41.3 Å². The number of rotatable bonds is 7. The topological polar surface area (TPSA) is 99.5 Å². The van der Waals surface area contributed by atoms with Gasteiger partial charge in [-0.25, -0.2) is 18.4 Å². The maximum atomic E-state index is 12.9. The van der Waals surface area contributed by atoms with E-state index in [9.17, 15) is 23.2 Å². The van der Waals surface area contributed by atoms with Gasteiger partial charge in [0.15, 0.2) is 0 Å². The molecule has 1 N–H and O–H groups in total. The zero-order valence-electron chi connectivity index (χ0n) is 16.0. The summed E-state index contributed by atoms with van der Waals surface area (Å²) in [5.41, 5.74) is -0.116. The molecule has 12 heteroatoms. The van der Waals surface area contributed by atoms with Gasteiger partial charge in [-0.15, -0.1) is 11.3 Å². The molecule has 158 valence electrons. The molecule has 0 radical (unpaired) electrons. The Kier molecular flexibility index (Phi) is 7.31. The van der Waals surface area contributed by atoms with Crippen molar-refractivity contribution in [1.82, 2.24) is 9.78 Å². The number of methoxy groups -OCH3 is 1. The summed E-state index contributed by atoms with van der Waals surface area (Å²) >= 11 is 6.67. The van der Waals surface area contributed by atoms with Crippen LogP contribution in [0.1, 0.15) is 50.3 Å². The highest BCUT2D eigenvalue weighted by Gasteiger charge is 2.27. The summed E-state index contributed by atoms with van der Waals surface area (Å²) in [5, 5.41) is 6.00. The number of esters is 2. The van der Waals surface area contributed by atoms with Gasteiger partial charge >= 0.3 is 11.9 Å². The molecule has 0 saturated carbocycles. The molecule has 2 heterocycles. The van der Waals surface area contributed by atoms with Gasteiger partial charge in [0.25, 0.3) is 6.43 Å². The van der Waals surface area contributed by atoms with Gasteiger partial charge < -0.3 is 14.8 Å². The zero-order valence-corrected chi connectivity index (χ0v) is 17.5. The van der Waals surface area contributed by atoms with E-state index in [0.717, 1.165) is 23.1 Å². The molecule has 0 aromatic carbocycles. The van der Waals surface area contributed by atoms with Gasteiger partial charge in [0.05, 0.1) is 30.0 Å². The Bertz CT molecular complexity index is 958. The zero-order chi connectivity index (χ0) is 21.9. The molecule has 2 aromatic rings. The average Bonchev–Trinajstić information content (AvgIpc) is 3.12. The summed E-state index contributed by atoms with van der Waals surface area (Å²) in [6.07, 6.45) is -2.89. The first-order valence-electron chi connectivity index (χ1n) is 8.31. The van der Waals surface area contributed by atoms with Crippen LogP contribution in [0.2, 0.25) is 5.02 Å². The minimum absolute atomic E-state index is 0.0115. The second-order valence-corrected chi connectivity index (χ2v) is 7.16. The number of nitrogens with one attached hydrogen (secondary N) is 1. The third-order valence-corrected chi connectivity index (χ3v) is 5.56. The van der Waals surface area contributed by atoms with E-state index in [1.807, 2.05) is 0 Å². The first-order valence-corrected chi connectivity index (χ1v) is 9.51. The number of anilines is 1. The monoisotopic (exact) mass is 449 g/mol. The van der Waals surface area contributed by atoms with Crippen LogP contribution >= 0.6 is 22.9 Å². The number of carbonyl (C=O) groups excluding carboxylic acids is 3. The molecule has 1 amide bonds. The summed E-state index contributed by atoms with van der Waals surface area (Å²) < 4.78 is 36.5. The minimum atomic E-state index is -2.89. The molecule has 0 atom stereocenters. The normalized spacial score (nSPS) is 10.9. The fourth-order valence-corrected chi connectivity index (χ4v) is 3.81. The molecule has 8 nitrogen and oxygen atoms in total. The van der Waals surface area contributed by atoms with Gasteiger partial charge in [0.1, 0.15) is 22.1 Å². The Morgan fingerprint density at radius 1 is 1.28 bits per heavy atom. The number of hydrogen-bond donors (Lipinski definition) is 1. The van der Waals surface area contributed by atoms with Crippen molar-refractivity contribution in [3.8, 4) is 0 Å². The van der Waals surface area contributed by atoms with E-state index in [4.69, 9.17) is 21.1 Å². The number of ether oxygens (including phenoxy) is 2. The lowest BCUT2D eigenvalue weighted by Crippen LogP contribution is -2.21. The van der Waals surface area contributed by atoms with E-state index in [2.05, 4.69) is 10.4 Å².